The number of nitrogens with one attached hydrogen (secondary N) is 2. The Morgan fingerprint density at radius 2 is 2.03 bits per heavy atom. The Hall–Kier alpha value is -3.78. The first kappa shape index (κ1) is 23.9. The number of imidazole rings is 1. The molecule has 1 aliphatic rings. The van der Waals surface area contributed by atoms with Crippen LogP contribution in [0.25, 0.3) is 22.6 Å². The Labute approximate surface area is 208 Å². The lowest BCUT2D eigenvalue weighted by Crippen LogP contribution is -2.45. The third-order valence-electron chi connectivity index (χ3n) is 5.96. The van der Waals surface area contributed by atoms with Gasteiger partial charge in [-0.25, -0.2) is 19.3 Å². The normalized spacial score (nSPS) is 22.1. The third kappa shape index (κ3) is 4.33. The van der Waals surface area contributed by atoms with Crippen LogP contribution in [0, 0.1) is 5.82 Å². The van der Waals surface area contributed by atoms with E-state index >= 15 is 0 Å². The van der Waals surface area contributed by atoms with Gasteiger partial charge < -0.3 is 20.8 Å². The number of carbonyl (C=O) groups excluding carboxylic acids is 1. The molecule has 5 rings (SSSR count). The first-order valence-corrected chi connectivity index (χ1v) is 11.2. The minimum Gasteiger partial charge on any atom is -0.387 e. The molecule has 14 heteroatoms. The highest BCUT2D eigenvalue weighted by Crippen LogP contribution is 2.34. The van der Waals surface area contributed by atoms with Gasteiger partial charge in [-0.3, -0.25) is 24.2 Å². The number of aliphatic hydroxyl groups excluding tert-OH is 2. The first-order valence-electron chi connectivity index (χ1n) is 10.8. The number of hydrogen-bond donors (Lipinski definition) is 4. The number of hydrogen-bond acceptors (Lipinski definition) is 10. The van der Waals surface area contributed by atoms with Crippen LogP contribution in [0.2, 0.25) is 5.02 Å². The molecule has 0 bridgehead atoms. The SMILES string of the molecule is CN1[C@H](NC=O)[C@@H](O)[C@@H](O)[C@@H]1n1cnc2c(NCc3cc(Cl)ccn3)nc(-c3cncc(F)c3)nc21. The number of anilines is 1. The predicted molar refractivity (Wildman–Crippen MR) is 127 cm³/mol. The lowest BCUT2D eigenvalue weighted by Gasteiger charge is -2.26. The summed E-state index contributed by atoms with van der Waals surface area (Å²) in [6, 6.07) is 4.62. The van der Waals surface area contributed by atoms with Crippen LogP contribution < -0.4 is 10.6 Å². The molecule has 4 aromatic heterocycles. The monoisotopic (exact) mass is 513 g/mol. The van der Waals surface area contributed by atoms with Gasteiger partial charge in [0, 0.05) is 23.0 Å². The summed E-state index contributed by atoms with van der Waals surface area (Å²) in [5.41, 5.74) is 1.65. The number of halogens is 2. The summed E-state index contributed by atoms with van der Waals surface area (Å²) >= 11 is 6.06. The van der Waals surface area contributed by atoms with E-state index in [9.17, 15) is 19.4 Å². The van der Waals surface area contributed by atoms with Crippen LogP contribution in [0.4, 0.5) is 10.2 Å². The van der Waals surface area contributed by atoms with Gasteiger partial charge in [0.1, 0.15) is 30.4 Å². The Morgan fingerprint density at radius 1 is 1.19 bits per heavy atom. The molecule has 4 atom stereocenters. The van der Waals surface area contributed by atoms with Crippen LogP contribution in [0.5, 0.6) is 0 Å². The highest BCUT2D eigenvalue weighted by molar-refractivity contribution is 6.30. The summed E-state index contributed by atoms with van der Waals surface area (Å²) < 4.78 is 15.5. The van der Waals surface area contributed by atoms with Crippen molar-refractivity contribution in [2.75, 3.05) is 12.4 Å². The third-order valence-corrected chi connectivity index (χ3v) is 6.19. The molecule has 36 heavy (non-hydrogen) atoms. The minimum absolute atomic E-state index is 0.163. The molecular formula is C22H21ClFN9O3. The van der Waals surface area contributed by atoms with E-state index < -0.39 is 30.4 Å². The molecule has 0 saturated carbocycles. The zero-order chi connectivity index (χ0) is 25.4. The van der Waals surface area contributed by atoms with E-state index in [0.717, 1.165) is 6.20 Å². The number of fused-ring (bicyclic) bond motifs is 1. The Bertz CT molecular complexity index is 1420. The van der Waals surface area contributed by atoms with Crippen LogP contribution in [-0.2, 0) is 11.3 Å². The van der Waals surface area contributed by atoms with Crippen LogP contribution in [-0.4, -0.2) is 76.4 Å². The molecule has 5 heterocycles. The Morgan fingerprint density at radius 3 is 2.78 bits per heavy atom. The molecule has 186 valence electrons. The van der Waals surface area contributed by atoms with Gasteiger partial charge >= 0.3 is 0 Å². The van der Waals surface area contributed by atoms with Crippen LogP contribution in [0.3, 0.4) is 0 Å². The average Bonchev–Trinajstić information content (AvgIpc) is 3.37. The number of pyridine rings is 2. The molecule has 1 saturated heterocycles. The second-order valence-electron chi connectivity index (χ2n) is 8.22. The molecule has 1 amide bonds. The highest BCUT2D eigenvalue weighted by atomic mass is 35.5. The van der Waals surface area contributed by atoms with E-state index in [1.54, 1.807) is 34.8 Å². The van der Waals surface area contributed by atoms with Crippen molar-refractivity contribution in [2.24, 2.45) is 0 Å². The number of aliphatic hydroxyl groups is 2. The van der Waals surface area contributed by atoms with Crippen molar-refractivity contribution in [3.8, 4) is 11.4 Å². The number of rotatable bonds is 7. The second kappa shape index (κ2) is 9.70. The summed E-state index contributed by atoms with van der Waals surface area (Å²) in [5, 5.41) is 27.5. The van der Waals surface area contributed by atoms with Gasteiger partial charge in [-0.15, -0.1) is 0 Å². The summed E-state index contributed by atoms with van der Waals surface area (Å²) in [5.74, 6) is -0.0618. The molecule has 0 aliphatic carbocycles. The Kier molecular flexibility index (Phi) is 6.45. The van der Waals surface area contributed by atoms with Gasteiger partial charge in [0.05, 0.1) is 24.8 Å². The summed E-state index contributed by atoms with van der Waals surface area (Å²) in [4.78, 5) is 34.3. The maximum absolute atomic E-state index is 13.9. The summed E-state index contributed by atoms with van der Waals surface area (Å²) in [7, 11) is 1.64. The van der Waals surface area contributed by atoms with Crippen molar-refractivity contribution in [3.63, 3.8) is 0 Å². The minimum atomic E-state index is -1.27. The van der Waals surface area contributed by atoms with Gasteiger partial charge in [0.25, 0.3) is 0 Å². The van der Waals surface area contributed by atoms with Crippen molar-refractivity contribution >= 4 is 35.0 Å². The topological polar surface area (TPSA) is 154 Å². The zero-order valence-corrected chi connectivity index (χ0v) is 19.6. The van der Waals surface area contributed by atoms with Crippen molar-refractivity contribution in [1.29, 1.82) is 0 Å². The number of aromatic nitrogens is 6. The first-order chi connectivity index (χ1) is 17.4. The van der Waals surface area contributed by atoms with E-state index in [-0.39, 0.29) is 12.4 Å². The van der Waals surface area contributed by atoms with Gasteiger partial charge in [-0.2, -0.15) is 0 Å². The standard InChI is InChI=1S/C22H21ClFN9O3/c1-32-21(29-10-34)16(35)17(36)22(32)33-9-28-15-19(27-8-14-5-12(23)2-3-26-14)30-18(31-20(15)33)11-4-13(24)7-25-6-11/h2-7,9-10,16-17,21-22,35-36H,8H2,1H3,(H,29,34)(H,27,30,31)/t16-,17+,21-,22-/m0/s1. The molecule has 0 spiro atoms. The smallest absolute Gasteiger partial charge is 0.208 e. The van der Waals surface area contributed by atoms with Gasteiger partial charge in [-0.05, 0) is 25.2 Å². The van der Waals surface area contributed by atoms with Gasteiger partial charge in [-0.1, -0.05) is 11.6 Å². The molecule has 4 aromatic rings. The fraction of sp³-hybridized carbons (Fsp3) is 0.273. The molecular weight excluding hydrogens is 493 g/mol. The number of likely N-dealkylation sites (N-methyl/N-ethyl adjacent to an activating group) is 1. The quantitative estimate of drug-likeness (QED) is 0.262. The lowest BCUT2D eigenvalue weighted by molar-refractivity contribution is -0.112. The van der Waals surface area contributed by atoms with Crippen LogP contribution in [0.15, 0.2) is 43.1 Å². The van der Waals surface area contributed by atoms with Crippen LogP contribution >= 0.6 is 11.6 Å². The van der Waals surface area contributed by atoms with E-state index in [1.807, 2.05) is 0 Å². The largest absolute Gasteiger partial charge is 0.387 e. The molecule has 0 unspecified atom stereocenters. The summed E-state index contributed by atoms with van der Waals surface area (Å²) in [6.07, 6.45) is 1.80. The van der Waals surface area contributed by atoms with Crippen LogP contribution in [0.1, 0.15) is 11.9 Å². The van der Waals surface area contributed by atoms with Gasteiger partial charge in [0.15, 0.2) is 22.8 Å². The molecule has 1 aliphatic heterocycles. The van der Waals surface area contributed by atoms with Crippen molar-refractivity contribution in [2.45, 2.75) is 31.1 Å². The number of amides is 1. The molecule has 0 radical (unpaired) electrons. The van der Waals surface area contributed by atoms with Crippen molar-refractivity contribution in [3.05, 3.63) is 59.7 Å². The van der Waals surface area contributed by atoms with E-state index in [1.165, 1.54) is 18.6 Å². The van der Waals surface area contributed by atoms with E-state index in [2.05, 4.69) is 35.6 Å². The zero-order valence-electron chi connectivity index (χ0n) is 18.8. The fourth-order valence-corrected chi connectivity index (χ4v) is 4.45. The number of carbonyl (C=O) groups is 1. The lowest BCUT2D eigenvalue weighted by atomic mass is 10.2. The Balaban J connectivity index is 1.61. The highest BCUT2D eigenvalue weighted by Gasteiger charge is 2.47. The maximum atomic E-state index is 13.9. The van der Waals surface area contributed by atoms with Gasteiger partial charge in [0.2, 0.25) is 6.41 Å². The van der Waals surface area contributed by atoms with E-state index in [4.69, 9.17) is 11.6 Å². The number of nitrogens with zero attached hydrogens (tertiary/aromatic N) is 7. The molecule has 4 N–H and O–H groups in total. The summed E-state index contributed by atoms with van der Waals surface area (Å²) in [6.45, 7) is 0.260. The number of likely N-dealkylation sites (tertiary alicyclic amines) is 1. The maximum Gasteiger partial charge on any atom is 0.208 e. The van der Waals surface area contributed by atoms with E-state index in [0.29, 0.717) is 39.7 Å². The molecule has 12 nitrogen and oxygen atoms in total. The fourth-order valence-electron chi connectivity index (χ4n) is 4.27. The average molecular weight is 514 g/mol. The predicted octanol–water partition coefficient (Wildman–Crippen LogP) is 0.926. The second-order valence-corrected chi connectivity index (χ2v) is 8.66. The van der Waals surface area contributed by atoms with Crippen molar-refractivity contribution < 1.29 is 19.4 Å². The van der Waals surface area contributed by atoms with Crippen molar-refractivity contribution in [1.82, 2.24) is 39.7 Å². The molecule has 0 aromatic carbocycles. The molecule has 1 fully saturated rings.